The molecule has 2 heterocycles. The largest absolute Gasteiger partial charge is 0.489 e. The standard InChI is InChI=1S/C30H31NO7/c1-6-35-29(33)26-18(4)31-19(5)27(30(34)36-7-2)28(26)20-9-8-10-22(14-20)37-16-21-15-25(32)38-24-12-11-17(3)13-23(21)24/h8-15,28,31H,6-7,16H2,1-5H3. The number of aryl methyl sites for hydroxylation is 1. The number of nitrogens with one attached hydrogen (secondary N) is 1. The van der Waals surface area contributed by atoms with Crippen molar-refractivity contribution in [3.05, 3.63) is 98.2 Å². The van der Waals surface area contributed by atoms with Gasteiger partial charge < -0.3 is 23.9 Å². The van der Waals surface area contributed by atoms with Gasteiger partial charge in [0.05, 0.1) is 30.3 Å². The summed E-state index contributed by atoms with van der Waals surface area (Å²) in [6.45, 7) is 9.50. The van der Waals surface area contributed by atoms with Gasteiger partial charge in [0.15, 0.2) is 0 Å². The average Bonchev–Trinajstić information content (AvgIpc) is 2.87. The van der Waals surface area contributed by atoms with Gasteiger partial charge >= 0.3 is 17.6 Å². The van der Waals surface area contributed by atoms with Crippen LogP contribution in [0.2, 0.25) is 0 Å². The summed E-state index contributed by atoms with van der Waals surface area (Å²) in [6, 6.07) is 14.2. The van der Waals surface area contributed by atoms with Crippen LogP contribution in [0.15, 0.2) is 80.3 Å². The molecular formula is C30H31NO7. The van der Waals surface area contributed by atoms with Gasteiger partial charge in [0.1, 0.15) is 17.9 Å². The summed E-state index contributed by atoms with van der Waals surface area (Å²) in [5.74, 6) is -1.23. The van der Waals surface area contributed by atoms with Crippen LogP contribution in [0.25, 0.3) is 11.0 Å². The van der Waals surface area contributed by atoms with Crippen LogP contribution in [0.1, 0.15) is 50.3 Å². The Kier molecular flexibility index (Phi) is 8.00. The van der Waals surface area contributed by atoms with Crippen molar-refractivity contribution in [2.75, 3.05) is 13.2 Å². The van der Waals surface area contributed by atoms with Crippen LogP contribution in [0.3, 0.4) is 0 Å². The minimum atomic E-state index is -0.717. The molecule has 1 N–H and O–H groups in total. The summed E-state index contributed by atoms with van der Waals surface area (Å²) >= 11 is 0. The first kappa shape index (κ1) is 26.7. The molecule has 1 aromatic heterocycles. The summed E-state index contributed by atoms with van der Waals surface area (Å²) in [7, 11) is 0. The van der Waals surface area contributed by atoms with Gasteiger partial charge in [-0.1, -0.05) is 23.8 Å². The Morgan fingerprint density at radius 3 is 2.18 bits per heavy atom. The van der Waals surface area contributed by atoms with E-state index < -0.39 is 23.5 Å². The Balaban J connectivity index is 1.73. The summed E-state index contributed by atoms with van der Waals surface area (Å²) in [5, 5.41) is 3.93. The van der Waals surface area contributed by atoms with E-state index in [1.54, 1.807) is 52.0 Å². The second-order valence-electron chi connectivity index (χ2n) is 9.03. The van der Waals surface area contributed by atoms with Crippen molar-refractivity contribution >= 4 is 22.9 Å². The normalized spacial score (nSPS) is 13.9. The van der Waals surface area contributed by atoms with Gasteiger partial charge in [-0.15, -0.1) is 0 Å². The molecule has 8 heteroatoms. The lowest BCUT2D eigenvalue weighted by molar-refractivity contribution is -0.139. The molecule has 0 fully saturated rings. The van der Waals surface area contributed by atoms with Crippen molar-refractivity contribution in [3.63, 3.8) is 0 Å². The van der Waals surface area contributed by atoms with Crippen molar-refractivity contribution in [2.45, 2.75) is 47.1 Å². The number of dihydropyridines is 1. The quantitative estimate of drug-likeness (QED) is 0.327. The molecule has 38 heavy (non-hydrogen) atoms. The molecule has 0 radical (unpaired) electrons. The first-order chi connectivity index (χ1) is 18.2. The van der Waals surface area contributed by atoms with Crippen LogP contribution in [0.4, 0.5) is 0 Å². The van der Waals surface area contributed by atoms with Crippen molar-refractivity contribution in [1.29, 1.82) is 0 Å². The minimum Gasteiger partial charge on any atom is -0.489 e. The maximum absolute atomic E-state index is 13.0. The van der Waals surface area contributed by atoms with E-state index in [2.05, 4.69) is 5.32 Å². The molecule has 4 rings (SSSR count). The van der Waals surface area contributed by atoms with Crippen molar-refractivity contribution < 1.29 is 28.2 Å². The number of hydrogen-bond donors (Lipinski definition) is 1. The highest BCUT2D eigenvalue weighted by Gasteiger charge is 2.38. The molecule has 0 bridgehead atoms. The molecule has 0 amide bonds. The summed E-state index contributed by atoms with van der Waals surface area (Å²) < 4.78 is 22.1. The Morgan fingerprint density at radius 1 is 0.895 bits per heavy atom. The molecule has 3 aromatic rings. The fourth-order valence-corrected chi connectivity index (χ4v) is 4.69. The Morgan fingerprint density at radius 2 is 1.55 bits per heavy atom. The van der Waals surface area contributed by atoms with Crippen LogP contribution in [0, 0.1) is 6.92 Å². The fraction of sp³-hybridized carbons (Fsp3) is 0.300. The first-order valence-electron chi connectivity index (χ1n) is 12.5. The van der Waals surface area contributed by atoms with Crippen LogP contribution in [-0.4, -0.2) is 25.2 Å². The smallest absolute Gasteiger partial charge is 0.336 e. The molecule has 1 aliphatic heterocycles. The third-order valence-electron chi connectivity index (χ3n) is 6.32. The number of allylic oxidation sites excluding steroid dienone is 2. The van der Waals surface area contributed by atoms with E-state index in [9.17, 15) is 14.4 Å². The summed E-state index contributed by atoms with van der Waals surface area (Å²) in [4.78, 5) is 38.2. The molecular weight excluding hydrogens is 486 g/mol. The van der Waals surface area contributed by atoms with Gasteiger partial charge in [-0.25, -0.2) is 14.4 Å². The highest BCUT2D eigenvalue weighted by atomic mass is 16.5. The van der Waals surface area contributed by atoms with Gasteiger partial charge in [-0.05, 0) is 64.4 Å². The molecule has 0 unspecified atom stereocenters. The lowest BCUT2D eigenvalue weighted by Crippen LogP contribution is -2.32. The summed E-state index contributed by atoms with van der Waals surface area (Å²) in [5.41, 5.74) is 4.29. The number of esters is 2. The highest BCUT2D eigenvalue weighted by Crippen LogP contribution is 2.40. The lowest BCUT2D eigenvalue weighted by atomic mass is 9.80. The number of rotatable bonds is 8. The fourth-order valence-electron chi connectivity index (χ4n) is 4.69. The van der Waals surface area contributed by atoms with Crippen LogP contribution in [-0.2, 0) is 25.7 Å². The van der Waals surface area contributed by atoms with Crippen molar-refractivity contribution in [2.24, 2.45) is 0 Å². The summed E-state index contributed by atoms with van der Waals surface area (Å²) in [6.07, 6.45) is 0. The zero-order chi connectivity index (χ0) is 27.4. The van der Waals surface area contributed by atoms with E-state index in [0.717, 1.165) is 10.9 Å². The van der Waals surface area contributed by atoms with E-state index in [0.29, 0.717) is 45.0 Å². The predicted octanol–water partition coefficient (Wildman–Crippen LogP) is 5.04. The Labute approximate surface area is 220 Å². The number of carbonyl (C=O) groups is 2. The van der Waals surface area contributed by atoms with E-state index in [1.165, 1.54) is 6.07 Å². The lowest BCUT2D eigenvalue weighted by Gasteiger charge is -2.30. The zero-order valence-electron chi connectivity index (χ0n) is 22.2. The first-order valence-corrected chi connectivity index (χ1v) is 12.5. The van der Waals surface area contributed by atoms with Crippen LogP contribution >= 0.6 is 0 Å². The van der Waals surface area contributed by atoms with Crippen molar-refractivity contribution in [1.82, 2.24) is 5.32 Å². The van der Waals surface area contributed by atoms with Gasteiger partial charge in [0, 0.05) is 28.4 Å². The molecule has 1 aliphatic rings. The monoisotopic (exact) mass is 517 g/mol. The van der Waals surface area contributed by atoms with Crippen molar-refractivity contribution in [3.8, 4) is 5.75 Å². The second-order valence-corrected chi connectivity index (χ2v) is 9.03. The molecule has 198 valence electrons. The predicted molar refractivity (Wildman–Crippen MR) is 143 cm³/mol. The maximum Gasteiger partial charge on any atom is 0.336 e. The van der Waals surface area contributed by atoms with Crippen LogP contribution in [0.5, 0.6) is 5.75 Å². The average molecular weight is 518 g/mol. The molecule has 0 aliphatic carbocycles. The minimum absolute atomic E-state index is 0.125. The Hall–Kier alpha value is -4.33. The number of ether oxygens (including phenoxy) is 3. The van der Waals surface area contributed by atoms with Gasteiger partial charge in [-0.3, -0.25) is 0 Å². The van der Waals surface area contributed by atoms with E-state index in [-0.39, 0.29) is 19.8 Å². The highest BCUT2D eigenvalue weighted by molar-refractivity contribution is 6.00. The SMILES string of the molecule is CCOC(=O)C1=C(C)NC(C)=C(C(=O)OCC)C1c1cccc(OCc2cc(=O)oc3ccc(C)cc23)c1. The van der Waals surface area contributed by atoms with E-state index in [1.807, 2.05) is 25.1 Å². The molecule has 0 saturated heterocycles. The maximum atomic E-state index is 13.0. The molecule has 8 nitrogen and oxygen atoms in total. The van der Waals surface area contributed by atoms with Gasteiger partial charge in [-0.2, -0.15) is 0 Å². The van der Waals surface area contributed by atoms with Gasteiger partial charge in [0.25, 0.3) is 0 Å². The number of benzene rings is 2. The van der Waals surface area contributed by atoms with E-state index in [4.69, 9.17) is 18.6 Å². The third kappa shape index (κ3) is 5.49. The topological polar surface area (TPSA) is 104 Å². The Bertz CT molecular complexity index is 1470. The second kappa shape index (κ2) is 11.4. The molecule has 0 spiro atoms. The molecule has 2 aromatic carbocycles. The molecule has 0 saturated carbocycles. The number of hydrogen-bond acceptors (Lipinski definition) is 8. The number of fused-ring (bicyclic) bond motifs is 1. The van der Waals surface area contributed by atoms with Crippen LogP contribution < -0.4 is 15.7 Å². The number of carbonyl (C=O) groups excluding carboxylic acids is 2. The third-order valence-corrected chi connectivity index (χ3v) is 6.32. The molecule has 0 atom stereocenters. The van der Waals surface area contributed by atoms with E-state index >= 15 is 0 Å². The zero-order valence-corrected chi connectivity index (χ0v) is 22.2. The van der Waals surface area contributed by atoms with Gasteiger partial charge in [0.2, 0.25) is 0 Å².